The Labute approximate surface area is 320 Å². The number of amides is 2. The lowest BCUT2D eigenvalue weighted by Gasteiger charge is -2.23. The van der Waals surface area contributed by atoms with E-state index in [1.807, 2.05) is 27.7 Å². The Morgan fingerprint density at radius 2 is 0.946 bits per heavy atom. The Hall–Kier alpha value is -7.10. The van der Waals surface area contributed by atoms with Gasteiger partial charge in [0.1, 0.15) is 11.5 Å². The van der Waals surface area contributed by atoms with Crippen LogP contribution in [0.3, 0.4) is 0 Å². The summed E-state index contributed by atoms with van der Waals surface area (Å²) in [5, 5.41) is 91.7. The van der Waals surface area contributed by atoms with Crippen molar-refractivity contribution in [2.45, 2.75) is 67.2 Å². The molecule has 6 rings (SSSR count). The molecule has 6 aromatic rings. The van der Waals surface area contributed by atoms with Gasteiger partial charge in [0.05, 0.1) is 23.6 Å². The summed E-state index contributed by atoms with van der Waals surface area (Å²) in [7, 11) is 0. The molecule has 0 saturated heterocycles. The fourth-order valence-corrected chi connectivity index (χ4v) is 7.12. The number of nitrogens with zero attached hydrogens (tertiary/aromatic N) is 4. The molecular formula is C40H42N8O8. The molecule has 2 amide bonds. The van der Waals surface area contributed by atoms with Crippen molar-refractivity contribution in [3.8, 4) is 45.6 Å². The minimum absolute atomic E-state index is 0.0617. The third-order valence-corrected chi connectivity index (χ3v) is 9.59. The number of phenols is 6. The number of H-pyrrole nitrogens is 2. The highest BCUT2D eigenvalue weighted by molar-refractivity contribution is 6.15. The number of aromatic amines is 2. The van der Waals surface area contributed by atoms with Crippen LogP contribution in [0.4, 0.5) is 0 Å². The molecule has 0 bridgehead atoms. The number of carbonyl (C=O) groups is 2. The summed E-state index contributed by atoms with van der Waals surface area (Å²) in [5.74, 6) is -4.84. The third kappa shape index (κ3) is 6.54. The Bertz CT molecular complexity index is 2470. The van der Waals surface area contributed by atoms with E-state index in [1.165, 1.54) is 12.1 Å². The molecule has 56 heavy (non-hydrogen) atoms. The number of hydrogen-bond acceptors (Lipinski definition) is 12. The molecule has 0 spiro atoms. The van der Waals surface area contributed by atoms with Gasteiger partial charge in [0, 0.05) is 44.4 Å². The van der Waals surface area contributed by atoms with E-state index in [9.17, 15) is 40.2 Å². The maximum absolute atomic E-state index is 12.7. The average molecular weight is 763 g/mol. The highest BCUT2D eigenvalue weighted by atomic mass is 16.3. The van der Waals surface area contributed by atoms with E-state index in [0.29, 0.717) is 44.4 Å². The average Bonchev–Trinajstić information content (AvgIpc) is 3.77. The van der Waals surface area contributed by atoms with Gasteiger partial charge in [-0.3, -0.25) is 19.8 Å². The van der Waals surface area contributed by atoms with Gasteiger partial charge in [-0.05, 0) is 73.6 Å². The number of hydrazone groups is 2. The highest BCUT2D eigenvalue weighted by Gasteiger charge is 2.29. The normalized spacial score (nSPS) is 12.0. The quantitative estimate of drug-likeness (QED) is 0.0443. The van der Waals surface area contributed by atoms with E-state index in [1.54, 1.807) is 39.8 Å². The van der Waals surface area contributed by atoms with Crippen LogP contribution in [0, 0.1) is 27.7 Å². The topological polar surface area (TPSA) is 262 Å². The lowest BCUT2D eigenvalue weighted by Crippen LogP contribution is -2.18. The first kappa shape index (κ1) is 38.6. The first-order chi connectivity index (χ1) is 26.4. The minimum Gasteiger partial charge on any atom is -0.507 e. The van der Waals surface area contributed by atoms with Gasteiger partial charge in [0.25, 0.3) is 11.8 Å². The second kappa shape index (κ2) is 14.6. The summed E-state index contributed by atoms with van der Waals surface area (Å²) in [5.41, 5.74) is 7.73. The molecule has 16 nitrogen and oxygen atoms in total. The number of aromatic hydroxyl groups is 6. The van der Waals surface area contributed by atoms with Crippen LogP contribution < -0.4 is 10.9 Å². The Kier molecular flexibility index (Phi) is 10.1. The summed E-state index contributed by atoms with van der Waals surface area (Å²) >= 11 is 0. The molecule has 0 aliphatic rings. The number of rotatable bonds is 9. The fourth-order valence-electron chi connectivity index (χ4n) is 7.12. The number of fused-ring (bicyclic) bond motifs is 2. The molecule has 0 saturated carbocycles. The smallest absolute Gasteiger partial charge is 0.291 e. The molecule has 2 heterocycles. The van der Waals surface area contributed by atoms with Crippen molar-refractivity contribution in [1.82, 2.24) is 31.2 Å². The molecular weight excluding hydrogens is 720 g/mol. The van der Waals surface area contributed by atoms with Gasteiger partial charge in [0.2, 0.25) is 0 Å². The van der Waals surface area contributed by atoms with E-state index >= 15 is 0 Å². The fraction of sp³-hybridized carbons (Fsp3) is 0.250. The van der Waals surface area contributed by atoms with Crippen molar-refractivity contribution in [1.29, 1.82) is 0 Å². The summed E-state index contributed by atoms with van der Waals surface area (Å²) in [4.78, 5) is 25.4. The van der Waals surface area contributed by atoms with Crippen LogP contribution in [0.5, 0.6) is 34.5 Å². The molecule has 10 N–H and O–H groups in total. The van der Waals surface area contributed by atoms with Crippen LogP contribution in [-0.2, 0) is 0 Å². The molecule has 0 atom stereocenters. The van der Waals surface area contributed by atoms with E-state index in [2.05, 4.69) is 41.4 Å². The second-order valence-electron chi connectivity index (χ2n) is 14.3. The largest absolute Gasteiger partial charge is 0.507 e. The lowest BCUT2D eigenvalue weighted by molar-refractivity contribution is 0.0942. The first-order valence-electron chi connectivity index (χ1n) is 17.6. The van der Waals surface area contributed by atoms with Gasteiger partial charge in [-0.2, -0.15) is 20.4 Å². The lowest BCUT2D eigenvalue weighted by atomic mass is 9.83. The van der Waals surface area contributed by atoms with Gasteiger partial charge in [0.15, 0.2) is 34.4 Å². The number of hydrogen-bond donors (Lipinski definition) is 10. The van der Waals surface area contributed by atoms with Crippen LogP contribution in [0.15, 0.2) is 34.5 Å². The maximum Gasteiger partial charge on any atom is 0.291 e. The monoisotopic (exact) mass is 762 g/mol. The number of nitrogens with one attached hydrogen (secondary N) is 4. The van der Waals surface area contributed by atoms with Crippen LogP contribution >= 0.6 is 0 Å². The molecule has 2 aromatic heterocycles. The molecule has 4 aromatic carbocycles. The highest BCUT2D eigenvalue weighted by Crippen LogP contribution is 2.54. The van der Waals surface area contributed by atoms with E-state index in [-0.39, 0.29) is 56.2 Å². The summed E-state index contributed by atoms with van der Waals surface area (Å²) in [6.45, 7) is 14.1. The zero-order chi connectivity index (χ0) is 40.9. The molecule has 0 aliphatic heterocycles. The van der Waals surface area contributed by atoms with Gasteiger partial charge >= 0.3 is 0 Å². The van der Waals surface area contributed by atoms with Gasteiger partial charge in [-0.1, -0.05) is 39.8 Å². The Balaban J connectivity index is 1.60. The van der Waals surface area contributed by atoms with Crippen LogP contribution in [-0.4, -0.2) is 75.3 Å². The zero-order valence-electron chi connectivity index (χ0n) is 31.9. The number of aryl methyl sites for hydroxylation is 4. The predicted molar refractivity (Wildman–Crippen MR) is 211 cm³/mol. The van der Waals surface area contributed by atoms with E-state index in [4.69, 9.17) is 0 Å². The first-order valence-corrected chi connectivity index (χ1v) is 17.6. The van der Waals surface area contributed by atoms with Gasteiger partial charge in [-0.15, -0.1) is 0 Å². The van der Waals surface area contributed by atoms with Crippen LogP contribution in [0.1, 0.15) is 105 Å². The standard InChI is InChI=1S/C40H42N8O8/c1-15(2)27-21-9-17(5)29(35(51)31(21)23(33(49)37(27)53)13-41-47-39(55)25-11-19(7)43-45-25)30-18(6)10-22-28(16(3)4)38(54)34(50)24(32(22)36(30)52)14-42-48-40(56)26-12-20(8)44-46-26/h9-16,49-54H,1-8H3,(H,43,45)(H,44,46)(H,47,55)(H,48,56). The number of phenolic OH excluding ortho intramolecular Hbond substituents is 6. The maximum atomic E-state index is 12.7. The SMILES string of the molecule is Cc1cc(C(=O)NN=Cc2c(O)c(O)c(C(C)C)c3cc(C)c(-c4c(C)cc5c(C(C)C)c(O)c(O)c(C=NNC(=O)c6cc(C)[nH]n6)c5c4O)c(O)c23)n[nH]1. The van der Waals surface area contributed by atoms with E-state index < -0.39 is 46.3 Å². The number of carbonyl (C=O) groups excluding carboxylic acids is 2. The van der Waals surface area contributed by atoms with Crippen molar-refractivity contribution >= 4 is 45.8 Å². The van der Waals surface area contributed by atoms with Gasteiger partial charge in [-0.25, -0.2) is 10.9 Å². The van der Waals surface area contributed by atoms with Crippen LogP contribution in [0.25, 0.3) is 32.7 Å². The summed E-state index contributed by atoms with van der Waals surface area (Å²) in [6.07, 6.45) is 2.18. The molecule has 16 heteroatoms. The Morgan fingerprint density at radius 3 is 1.25 bits per heavy atom. The van der Waals surface area contributed by atoms with Crippen LogP contribution in [0.2, 0.25) is 0 Å². The molecule has 0 unspecified atom stereocenters. The molecule has 0 fully saturated rings. The van der Waals surface area contributed by atoms with Gasteiger partial charge < -0.3 is 30.6 Å². The molecule has 0 radical (unpaired) electrons. The van der Waals surface area contributed by atoms with Crippen molar-refractivity contribution in [3.63, 3.8) is 0 Å². The van der Waals surface area contributed by atoms with Crippen molar-refractivity contribution in [3.05, 3.63) is 80.4 Å². The summed E-state index contributed by atoms with van der Waals surface area (Å²) < 4.78 is 0. The van der Waals surface area contributed by atoms with Crippen molar-refractivity contribution in [2.75, 3.05) is 0 Å². The molecule has 0 aliphatic carbocycles. The number of benzene rings is 4. The zero-order valence-corrected chi connectivity index (χ0v) is 31.9. The Morgan fingerprint density at radius 1 is 0.589 bits per heavy atom. The van der Waals surface area contributed by atoms with E-state index in [0.717, 1.165) is 12.4 Å². The third-order valence-electron chi connectivity index (χ3n) is 9.59. The predicted octanol–water partition coefficient (Wildman–Crippen LogP) is 6.35. The van der Waals surface area contributed by atoms with Crippen molar-refractivity contribution < 1.29 is 40.2 Å². The molecule has 290 valence electrons. The number of aromatic nitrogens is 4. The summed E-state index contributed by atoms with van der Waals surface area (Å²) in [6, 6.07) is 6.43. The minimum atomic E-state index is -0.653. The second-order valence-corrected chi connectivity index (χ2v) is 14.3. The van der Waals surface area contributed by atoms with Crippen molar-refractivity contribution in [2.24, 2.45) is 10.2 Å².